The minimum atomic E-state index is -0.820. The highest BCUT2D eigenvalue weighted by molar-refractivity contribution is 5.72. The van der Waals surface area contributed by atoms with Crippen LogP contribution in [0.1, 0.15) is 61.8 Å². The fourth-order valence-corrected chi connectivity index (χ4v) is 3.68. The number of benzene rings is 3. The maximum absolute atomic E-state index is 14.6. The molecule has 0 spiro atoms. The molecule has 0 aliphatic heterocycles. The Morgan fingerprint density at radius 3 is 2.16 bits per heavy atom. The zero-order valence-electron chi connectivity index (χ0n) is 18.2. The van der Waals surface area contributed by atoms with Gasteiger partial charge in [-0.05, 0) is 47.6 Å². The summed E-state index contributed by atoms with van der Waals surface area (Å²) in [6.07, 6.45) is 8.84. The van der Waals surface area contributed by atoms with Gasteiger partial charge >= 0.3 is 0 Å². The normalized spacial score (nSPS) is 11.4. The van der Waals surface area contributed by atoms with Crippen LogP contribution in [0, 0.1) is 17.5 Å². The molecule has 0 aliphatic carbocycles. The molecule has 0 atom stereocenters. The molecule has 0 amide bonds. The minimum Gasteiger partial charge on any atom is -0.206 e. The third-order valence-electron chi connectivity index (χ3n) is 5.49. The molecule has 0 saturated heterocycles. The molecule has 0 aromatic heterocycles. The zero-order valence-corrected chi connectivity index (χ0v) is 18.2. The van der Waals surface area contributed by atoms with E-state index in [0.717, 1.165) is 48.8 Å². The van der Waals surface area contributed by atoms with Crippen molar-refractivity contribution in [1.82, 2.24) is 0 Å². The first-order chi connectivity index (χ1) is 15.0. The Kier molecular flexibility index (Phi) is 8.11. The Morgan fingerprint density at radius 2 is 1.48 bits per heavy atom. The Bertz CT molecular complexity index is 1030. The maximum Gasteiger partial charge on any atom is 0.166 e. The highest BCUT2D eigenvalue weighted by Gasteiger charge is 2.11. The van der Waals surface area contributed by atoms with E-state index in [0.29, 0.717) is 17.5 Å². The van der Waals surface area contributed by atoms with E-state index in [1.54, 1.807) is 30.4 Å². The summed E-state index contributed by atoms with van der Waals surface area (Å²) in [7, 11) is 0. The first-order valence-corrected chi connectivity index (χ1v) is 11.1. The molecular formula is C28H29F3. The summed E-state index contributed by atoms with van der Waals surface area (Å²) < 4.78 is 43.0. The van der Waals surface area contributed by atoms with Gasteiger partial charge in [0.05, 0.1) is 0 Å². The molecule has 0 fully saturated rings. The second kappa shape index (κ2) is 11.0. The Labute approximate surface area is 183 Å². The predicted octanol–water partition coefficient (Wildman–Crippen LogP) is 8.63. The van der Waals surface area contributed by atoms with Crippen LogP contribution >= 0.6 is 0 Å². The summed E-state index contributed by atoms with van der Waals surface area (Å²) in [5.74, 6) is -1.81. The van der Waals surface area contributed by atoms with Gasteiger partial charge in [-0.1, -0.05) is 93.8 Å². The fraction of sp³-hybridized carbons (Fsp3) is 0.286. The van der Waals surface area contributed by atoms with Gasteiger partial charge < -0.3 is 0 Å². The van der Waals surface area contributed by atoms with Crippen LogP contribution in [0.3, 0.4) is 0 Å². The van der Waals surface area contributed by atoms with Crippen molar-refractivity contribution in [1.29, 1.82) is 0 Å². The second-order valence-corrected chi connectivity index (χ2v) is 7.92. The second-order valence-electron chi connectivity index (χ2n) is 7.92. The highest BCUT2D eigenvalue weighted by atomic mass is 19.2. The molecule has 0 aliphatic rings. The molecule has 31 heavy (non-hydrogen) atoms. The molecule has 0 N–H and O–H groups in total. The molecule has 3 aromatic rings. The Morgan fingerprint density at radius 1 is 0.710 bits per heavy atom. The Hall–Kier alpha value is -2.81. The van der Waals surface area contributed by atoms with Gasteiger partial charge in [0.15, 0.2) is 11.6 Å². The number of hydrogen-bond donors (Lipinski definition) is 0. The van der Waals surface area contributed by atoms with Crippen molar-refractivity contribution in [3.63, 3.8) is 0 Å². The number of unbranched alkanes of at least 4 members (excludes halogenated alkanes) is 2. The average Bonchev–Trinajstić information content (AvgIpc) is 2.77. The highest BCUT2D eigenvalue weighted by Crippen LogP contribution is 2.26. The summed E-state index contributed by atoms with van der Waals surface area (Å²) in [6.45, 7) is 4.09. The summed E-state index contributed by atoms with van der Waals surface area (Å²) in [6, 6.07) is 16.1. The smallest absolute Gasteiger partial charge is 0.166 e. The van der Waals surface area contributed by atoms with Crippen LogP contribution < -0.4 is 0 Å². The van der Waals surface area contributed by atoms with Crippen molar-refractivity contribution in [2.24, 2.45) is 0 Å². The van der Waals surface area contributed by atoms with E-state index in [2.05, 4.69) is 6.92 Å². The van der Waals surface area contributed by atoms with Crippen molar-refractivity contribution in [2.45, 2.75) is 52.4 Å². The molecule has 0 radical (unpaired) electrons. The lowest BCUT2D eigenvalue weighted by molar-refractivity contribution is 0.496. The number of aryl methyl sites for hydroxylation is 2. The average molecular weight is 423 g/mol. The van der Waals surface area contributed by atoms with E-state index in [1.165, 1.54) is 0 Å². The van der Waals surface area contributed by atoms with Crippen molar-refractivity contribution in [3.8, 4) is 11.1 Å². The molecule has 3 rings (SSSR count). The Balaban J connectivity index is 1.73. The van der Waals surface area contributed by atoms with Gasteiger partial charge in [0.25, 0.3) is 0 Å². The van der Waals surface area contributed by atoms with Crippen LogP contribution in [0.25, 0.3) is 23.3 Å². The summed E-state index contributed by atoms with van der Waals surface area (Å²) in [5, 5.41) is 0. The molecule has 162 valence electrons. The van der Waals surface area contributed by atoms with Crippen LogP contribution in [0.5, 0.6) is 0 Å². The standard InChI is InChI=1S/C28H29F3/c1-3-5-6-8-21-12-18-25(26(29)19-21)22-13-9-20(10-14-22)11-15-24-17-16-23(7-4-2)27(30)28(24)31/h9-19H,3-8H2,1-2H3. The lowest BCUT2D eigenvalue weighted by atomic mass is 9.99. The monoisotopic (exact) mass is 422 g/mol. The van der Waals surface area contributed by atoms with Crippen LogP contribution in [0.15, 0.2) is 54.6 Å². The van der Waals surface area contributed by atoms with Crippen molar-refractivity contribution < 1.29 is 13.2 Å². The van der Waals surface area contributed by atoms with Crippen LogP contribution in [-0.2, 0) is 12.8 Å². The summed E-state index contributed by atoms with van der Waals surface area (Å²) in [4.78, 5) is 0. The van der Waals surface area contributed by atoms with E-state index in [4.69, 9.17) is 0 Å². The number of hydrogen-bond acceptors (Lipinski definition) is 0. The lowest BCUT2D eigenvalue weighted by Crippen LogP contribution is -1.96. The largest absolute Gasteiger partial charge is 0.206 e. The molecule has 0 heterocycles. The third-order valence-corrected chi connectivity index (χ3v) is 5.49. The van der Waals surface area contributed by atoms with Gasteiger partial charge in [-0.3, -0.25) is 0 Å². The van der Waals surface area contributed by atoms with Gasteiger partial charge in [-0.25, -0.2) is 13.2 Å². The predicted molar refractivity (Wildman–Crippen MR) is 124 cm³/mol. The van der Waals surface area contributed by atoms with E-state index in [9.17, 15) is 13.2 Å². The summed E-state index contributed by atoms with van der Waals surface area (Å²) >= 11 is 0. The summed E-state index contributed by atoms with van der Waals surface area (Å²) in [5.41, 5.74) is 3.82. The third kappa shape index (κ3) is 5.88. The van der Waals surface area contributed by atoms with Crippen molar-refractivity contribution in [3.05, 3.63) is 94.3 Å². The SMILES string of the molecule is CCCCCc1ccc(-c2ccc(C=Cc3ccc(CCC)c(F)c3F)cc2)c(F)c1. The molecule has 0 unspecified atom stereocenters. The lowest BCUT2D eigenvalue weighted by Gasteiger charge is -2.07. The molecular weight excluding hydrogens is 393 g/mol. The topological polar surface area (TPSA) is 0 Å². The van der Waals surface area contributed by atoms with E-state index < -0.39 is 11.6 Å². The first-order valence-electron chi connectivity index (χ1n) is 11.1. The number of halogens is 3. The van der Waals surface area contributed by atoms with E-state index >= 15 is 0 Å². The van der Waals surface area contributed by atoms with Gasteiger partial charge in [-0.2, -0.15) is 0 Å². The van der Waals surface area contributed by atoms with Crippen LogP contribution in [-0.4, -0.2) is 0 Å². The first kappa shape index (κ1) is 22.9. The molecule has 0 saturated carbocycles. The van der Waals surface area contributed by atoms with Gasteiger partial charge in [0.2, 0.25) is 0 Å². The van der Waals surface area contributed by atoms with Gasteiger partial charge in [0, 0.05) is 11.1 Å². The van der Waals surface area contributed by atoms with E-state index in [-0.39, 0.29) is 11.4 Å². The van der Waals surface area contributed by atoms with Crippen LogP contribution in [0.2, 0.25) is 0 Å². The maximum atomic E-state index is 14.6. The van der Waals surface area contributed by atoms with Crippen LogP contribution in [0.4, 0.5) is 13.2 Å². The molecule has 0 nitrogen and oxygen atoms in total. The van der Waals surface area contributed by atoms with E-state index in [1.807, 2.05) is 43.3 Å². The van der Waals surface area contributed by atoms with Crippen molar-refractivity contribution >= 4 is 12.2 Å². The van der Waals surface area contributed by atoms with Gasteiger partial charge in [-0.15, -0.1) is 0 Å². The zero-order chi connectivity index (χ0) is 22.2. The fourth-order valence-electron chi connectivity index (χ4n) is 3.68. The molecule has 3 aromatic carbocycles. The quantitative estimate of drug-likeness (QED) is 0.239. The number of rotatable bonds is 9. The minimum absolute atomic E-state index is 0.214. The molecule has 0 bridgehead atoms. The molecule has 3 heteroatoms. The van der Waals surface area contributed by atoms with Gasteiger partial charge in [0.1, 0.15) is 5.82 Å². The van der Waals surface area contributed by atoms with Crippen molar-refractivity contribution in [2.75, 3.05) is 0 Å².